The smallest absolute Gasteiger partial charge is 0.0537 e. The van der Waals surface area contributed by atoms with Crippen LogP contribution in [0.3, 0.4) is 0 Å². The van der Waals surface area contributed by atoms with E-state index < -0.39 is 0 Å². The molecular weight excluding hydrogens is 174 g/mol. The number of aryl methyl sites for hydroxylation is 1. The molecule has 0 N–H and O–H groups in total. The molecule has 14 heavy (non-hydrogen) atoms. The molecule has 2 atom stereocenters. The van der Waals surface area contributed by atoms with Crippen molar-refractivity contribution in [1.82, 2.24) is 14.7 Å². The molecule has 1 rings (SSSR count). The maximum absolute atomic E-state index is 4.23. The van der Waals surface area contributed by atoms with Gasteiger partial charge in [-0.2, -0.15) is 5.10 Å². The van der Waals surface area contributed by atoms with Gasteiger partial charge in [0.1, 0.15) is 0 Å². The minimum atomic E-state index is 0.480. The van der Waals surface area contributed by atoms with E-state index in [1.807, 2.05) is 17.9 Å². The topological polar surface area (TPSA) is 21.1 Å². The Kier molecular flexibility index (Phi) is 3.69. The third kappa shape index (κ3) is 2.35. The number of hydrogen-bond donors (Lipinski definition) is 0. The lowest BCUT2D eigenvalue weighted by Gasteiger charge is -2.28. The Morgan fingerprint density at radius 2 is 2.14 bits per heavy atom. The molecule has 0 bridgehead atoms. The predicted molar refractivity (Wildman–Crippen MR) is 59.1 cm³/mol. The van der Waals surface area contributed by atoms with Gasteiger partial charge in [-0.25, -0.2) is 0 Å². The Morgan fingerprint density at radius 3 is 2.50 bits per heavy atom. The van der Waals surface area contributed by atoms with Crippen LogP contribution < -0.4 is 0 Å². The maximum atomic E-state index is 4.23. The van der Waals surface area contributed by atoms with Gasteiger partial charge in [-0.1, -0.05) is 20.3 Å². The summed E-state index contributed by atoms with van der Waals surface area (Å²) in [4.78, 5) is 2.27. The first-order valence-corrected chi connectivity index (χ1v) is 5.21. The van der Waals surface area contributed by atoms with E-state index in [9.17, 15) is 0 Å². The fraction of sp³-hybridized carbons (Fsp3) is 0.727. The zero-order chi connectivity index (χ0) is 10.7. The second-order valence-electron chi connectivity index (χ2n) is 4.24. The third-order valence-electron chi connectivity index (χ3n) is 2.81. The Balaban J connectivity index is 2.88. The number of hydrogen-bond acceptors (Lipinski definition) is 2. The highest BCUT2D eigenvalue weighted by molar-refractivity contribution is 5.11. The van der Waals surface area contributed by atoms with E-state index in [0.29, 0.717) is 12.0 Å². The highest BCUT2D eigenvalue weighted by Gasteiger charge is 2.21. The van der Waals surface area contributed by atoms with E-state index in [4.69, 9.17) is 0 Å². The molecule has 1 aromatic rings. The molecule has 3 heteroatoms. The van der Waals surface area contributed by atoms with Gasteiger partial charge in [0.15, 0.2) is 0 Å². The summed E-state index contributed by atoms with van der Waals surface area (Å²) in [5.74, 6) is 0.661. The highest BCUT2D eigenvalue weighted by atomic mass is 15.2. The fourth-order valence-corrected chi connectivity index (χ4v) is 1.95. The Morgan fingerprint density at radius 1 is 1.50 bits per heavy atom. The zero-order valence-electron chi connectivity index (χ0n) is 9.86. The van der Waals surface area contributed by atoms with E-state index in [-0.39, 0.29) is 0 Å². The highest BCUT2D eigenvalue weighted by Crippen LogP contribution is 2.27. The molecule has 0 aliphatic rings. The van der Waals surface area contributed by atoms with Crippen molar-refractivity contribution < 1.29 is 0 Å². The van der Waals surface area contributed by atoms with Crippen LogP contribution in [0, 0.1) is 5.92 Å². The van der Waals surface area contributed by atoms with Crippen LogP contribution in [0.1, 0.15) is 31.9 Å². The standard InChI is InChI=1S/C11H21N3/c1-6-9(2)11(13(3)4)10-7-12-14(5)8-10/h7-9,11H,6H2,1-5H3/t9-,11-/m1/s1. The van der Waals surface area contributed by atoms with Crippen LogP contribution in [0.5, 0.6) is 0 Å². The second kappa shape index (κ2) is 4.60. The van der Waals surface area contributed by atoms with Gasteiger partial charge in [-0.05, 0) is 20.0 Å². The van der Waals surface area contributed by atoms with Crippen molar-refractivity contribution in [3.63, 3.8) is 0 Å². The van der Waals surface area contributed by atoms with Gasteiger partial charge in [-0.15, -0.1) is 0 Å². The predicted octanol–water partition coefficient (Wildman–Crippen LogP) is 2.07. The van der Waals surface area contributed by atoms with Crippen molar-refractivity contribution in [2.75, 3.05) is 14.1 Å². The van der Waals surface area contributed by atoms with Gasteiger partial charge in [-0.3, -0.25) is 4.68 Å². The minimum absolute atomic E-state index is 0.480. The van der Waals surface area contributed by atoms with Gasteiger partial charge < -0.3 is 4.90 Å². The SMILES string of the molecule is CC[C@@H](C)[C@H](c1cnn(C)c1)N(C)C. The molecule has 0 spiro atoms. The molecule has 3 nitrogen and oxygen atoms in total. The first-order chi connectivity index (χ1) is 6.56. The minimum Gasteiger partial charge on any atom is -0.302 e. The van der Waals surface area contributed by atoms with Crippen molar-refractivity contribution in [3.05, 3.63) is 18.0 Å². The third-order valence-corrected chi connectivity index (χ3v) is 2.81. The summed E-state index contributed by atoms with van der Waals surface area (Å²) in [6, 6.07) is 0.480. The first-order valence-electron chi connectivity index (χ1n) is 5.21. The summed E-state index contributed by atoms with van der Waals surface area (Å²) in [5, 5.41) is 4.23. The quantitative estimate of drug-likeness (QED) is 0.733. The maximum Gasteiger partial charge on any atom is 0.0537 e. The van der Waals surface area contributed by atoms with E-state index in [1.165, 1.54) is 12.0 Å². The Labute approximate surface area is 86.7 Å². The Hall–Kier alpha value is -0.830. The van der Waals surface area contributed by atoms with Crippen LogP contribution in [0.2, 0.25) is 0 Å². The lowest BCUT2D eigenvalue weighted by atomic mass is 9.94. The molecule has 0 aliphatic carbocycles. The molecule has 0 fully saturated rings. The van der Waals surface area contributed by atoms with E-state index in [1.54, 1.807) is 0 Å². The molecular formula is C11H21N3. The van der Waals surface area contributed by atoms with Crippen molar-refractivity contribution in [1.29, 1.82) is 0 Å². The van der Waals surface area contributed by atoms with Crippen LogP contribution in [-0.2, 0) is 7.05 Å². The summed E-state index contributed by atoms with van der Waals surface area (Å²) in [7, 11) is 6.22. The second-order valence-corrected chi connectivity index (χ2v) is 4.24. The molecule has 0 aliphatic heterocycles. The summed E-state index contributed by atoms with van der Waals surface area (Å²) in [5.41, 5.74) is 1.31. The van der Waals surface area contributed by atoms with Gasteiger partial charge in [0.25, 0.3) is 0 Å². The van der Waals surface area contributed by atoms with Crippen molar-refractivity contribution in [2.24, 2.45) is 13.0 Å². The molecule has 0 amide bonds. The van der Waals surface area contributed by atoms with Crippen LogP contribution >= 0.6 is 0 Å². The first kappa shape index (κ1) is 11.2. The van der Waals surface area contributed by atoms with E-state index in [2.05, 4.69) is 44.1 Å². The van der Waals surface area contributed by atoms with Crippen molar-refractivity contribution >= 4 is 0 Å². The normalized spacial score (nSPS) is 15.9. The average molecular weight is 195 g/mol. The lowest BCUT2D eigenvalue weighted by molar-refractivity contribution is 0.219. The molecule has 1 aromatic heterocycles. The molecule has 0 radical (unpaired) electrons. The summed E-state index contributed by atoms with van der Waals surface area (Å²) in [6.07, 6.45) is 5.27. The van der Waals surface area contributed by atoms with Crippen molar-refractivity contribution in [2.45, 2.75) is 26.3 Å². The lowest BCUT2D eigenvalue weighted by Crippen LogP contribution is -2.25. The molecule has 0 aromatic carbocycles. The molecule has 0 saturated heterocycles. The largest absolute Gasteiger partial charge is 0.302 e. The fourth-order valence-electron chi connectivity index (χ4n) is 1.95. The van der Waals surface area contributed by atoms with E-state index in [0.717, 1.165) is 0 Å². The summed E-state index contributed by atoms with van der Waals surface area (Å²) >= 11 is 0. The Bertz CT molecular complexity index is 278. The number of nitrogens with zero attached hydrogens (tertiary/aromatic N) is 3. The van der Waals surface area contributed by atoms with Gasteiger partial charge in [0, 0.05) is 24.8 Å². The average Bonchev–Trinajstić information content (AvgIpc) is 2.51. The van der Waals surface area contributed by atoms with Gasteiger partial charge in [0.05, 0.1) is 6.20 Å². The summed E-state index contributed by atoms with van der Waals surface area (Å²) < 4.78 is 1.87. The number of aromatic nitrogens is 2. The van der Waals surface area contributed by atoms with E-state index >= 15 is 0 Å². The summed E-state index contributed by atoms with van der Waals surface area (Å²) in [6.45, 7) is 4.52. The monoisotopic (exact) mass is 195 g/mol. The molecule has 0 unspecified atom stereocenters. The molecule has 1 heterocycles. The number of rotatable bonds is 4. The van der Waals surface area contributed by atoms with Crippen LogP contribution in [-0.4, -0.2) is 28.8 Å². The van der Waals surface area contributed by atoms with Crippen LogP contribution in [0.25, 0.3) is 0 Å². The zero-order valence-corrected chi connectivity index (χ0v) is 9.86. The molecule has 80 valence electrons. The van der Waals surface area contributed by atoms with Crippen molar-refractivity contribution in [3.8, 4) is 0 Å². The van der Waals surface area contributed by atoms with Crippen LogP contribution in [0.15, 0.2) is 12.4 Å². The molecule has 0 saturated carbocycles. The van der Waals surface area contributed by atoms with Gasteiger partial charge in [0.2, 0.25) is 0 Å². The van der Waals surface area contributed by atoms with Gasteiger partial charge >= 0.3 is 0 Å². The van der Waals surface area contributed by atoms with Crippen LogP contribution in [0.4, 0.5) is 0 Å².